The second-order valence-electron chi connectivity index (χ2n) is 8.56. The minimum absolute atomic E-state index is 0.125. The van der Waals surface area contributed by atoms with Gasteiger partial charge in [0.15, 0.2) is 6.10 Å². The van der Waals surface area contributed by atoms with Gasteiger partial charge in [-0.1, -0.05) is 60.7 Å². The summed E-state index contributed by atoms with van der Waals surface area (Å²) < 4.78 is 12.6. The van der Waals surface area contributed by atoms with E-state index in [9.17, 15) is 25.5 Å². The van der Waals surface area contributed by atoms with Gasteiger partial charge in [-0.25, -0.2) is 4.98 Å². The molecule has 35 heavy (non-hydrogen) atoms. The number of aliphatic hydroxyl groups excluding tert-OH is 4. The maximum atomic E-state index is 10.9. The van der Waals surface area contributed by atoms with Crippen LogP contribution in [-0.4, -0.2) is 72.1 Å². The first-order valence-electron chi connectivity index (χ1n) is 11.2. The van der Waals surface area contributed by atoms with Crippen molar-refractivity contribution in [3.8, 4) is 16.9 Å². The van der Waals surface area contributed by atoms with Gasteiger partial charge in [0.2, 0.25) is 6.29 Å². The molecule has 1 aromatic heterocycles. The van der Waals surface area contributed by atoms with Crippen molar-refractivity contribution in [2.75, 3.05) is 6.61 Å². The average Bonchev–Trinajstić information content (AvgIpc) is 3.30. The van der Waals surface area contributed by atoms with Crippen molar-refractivity contribution in [1.29, 1.82) is 0 Å². The number of nitrogens with zero attached hydrogens (tertiary/aromatic N) is 2. The van der Waals surface area contributed by atoms with Crippen LogP contribution in [0.15, 0.2) is 79.1 Å². The van der Waals surface area contributed by atoms with E-state index in [-0.39, 0.29) is 5.75 Å². The molecule has 0 radical (unpaired) electrons. The van der Waals surface area contributed by atoms with E-state index in [2.05, 4.69) is 4.98 Å². The second kappa shape index (κ2) is 9.38. The van der Waals surface area contributed by atoms with Crippen molar-refractivity contribution < 1.29 is 35.0 Å². The van der Waals surface area contributed by atoms with E-state index >= 15 is 0 Å². The first-order valence-corrected chi connectivity index (χ1v) is 11.2. The van der Waals surface area contributed by atoms with Crippen LogP contribution in [0.1, 0.15) is 5.56 Å². The van der Waals surface area contributed by atoms with Gasteiger partial charge in [0.05, 0.1) is 18.5 Å². The number of rotatable bonds is 6. The monoisotopic (exact) mass is 478 g/mol. The van der Waals surface area contributed by atoms with Gasteiger partial charge in [0.1, 0.15) is 23.5 Å². The molecule has 1 aliphatic heterocycles. The Morgan fingerprint density at radius 3 is 2.34 bits per heavy atom. The standard InChI is InChI=1S/C26H26N2O7/c29-14-21-23(30)24(31)26(33,25(32)34-21)35-20-8-4-7-19-22(20)28(15-27-19)13-16-9-11-18(12-10-16)17-5-2-1-3-6-17/h1-12,15,21,23-25,29-33H,13-14H2/t21-,23-,24+,25-,26+/m1/s1. The molecule has 5 rings (SSSR count). The molecule has 9 nitrogen and oxygen atoms in total. The van der Waals surface area contributed by atoms with Gasteiger partial charge in [-0.05, 0) is 28.8 Å². The van der Waals surface area contributed by atoms with Gasteiger partial charge in [0, 0.05) is 6.54 Å². The predicted octanol–water partition coefficient (Wildman–Crippen LogP) is 1.25. The summed E-state index contributed by atoms with van der Waals surface area (Å²) in [6.45, 7) is -0.210. The fourth-order valence-corrected chi connectivity index (χ4v) is 4.30. The van der Waals surface area contributed by atoms with E-state index < -0.39 is 37.0 Å². The van der Waals surface area contributed by atoms with Crippen molar-refractivity contribution in [1.82, 2.24) is 9.55 Å². The van der Waals surface area contributed by atoms with Crippen LogP contribution in [0.2, 0.25) is 0 Å². The topological polar surface area (TPSA) is 137 Å². The van der Waals surface area contributed by atoms with E-state index in [0.29, 0.717) is 17.6 Å². The third-order valence-corrected chi connectivity index (χ3v) is 6.25. The molecule has 0 bridgehead atoms. The Hall–Kier alpha value is -3.31. The maximum absolute atomic E-state index is 10.9. The highest BCUT2D eigenvalue weighted by Crippen LogP contribution is 2.35. The number of fused-ring (bicyclic) bond motifs is 1. The summed E-state index contributed by atoms with van der Waals surface area (Å²) in [6, 6.07) is 23.1. The van der Waals surface area contributed by atoms with Gasteiger partial charge in [-0.3, -0.25) is 0 Å². The highest BCUT2D eigenvalue weighted by Gasteiger charge is 2.57. The van der Waals surface area contributed by atoms with Crippen molar-refractivity contribution in [2.45, 2.75) is 36.9 Å². The number of para-hydroxylation sites is 1. The van der Waals surface area contributed by atoms with Crippen molar-refractivity contribution in [2.24, 2.45) is 0 Å². The van der Waals surface area contributed by atoms with Crippen LogP contribution in [0.4, 0.5) is 0 Å². The van der Waals surface area contributed by atoms with E-state index in [1.165, 1.54) is 0 Å². The molecule has 3 aromatic carbocycles. The van der Waals surface area contributed by atoms with Crippen LogP contribution in [0.25, 0.3) is 22.2 Å². The van der Waals surface area contributed by atoms with Gasteiger partial charge < -0.3 is 39.6 Å². The van der Waals surface area contributed by atoms with Gasteiger partial charge in [-0.2, -0.15) is 0 Å². The molecule has 2 heterocycles. The summed E-state index contributed by atoms with van der Waals surface area (Å²) >= 11 is 0. The molecule has 1 saturated heterocycles. The molecular formula is C26H26N2O7. The third kappa shape index (κ3) is 4.30. The number of aliphatic hydroxyl groups is 5. The molecule has 5 atom stereocenters. The minimum atomic E-state index is -2.67. The third-order valence-electron chi connectivity index (χ3n) is 6.25. The number of hydrogen-bond acceptors (Lipinski definition) is 8. The summed E-state index contributed by atoms with van der Waals surface area (Å²) in [5.74, 6) is -2.55. The molecule has 0 aliphatic carbocycles. The highest BCUT2D eigenvalue weighted by molar-refractivity contribution is 5.82. The SMILES string of the molecule is OC[C@H]1O[C@@H](O)[C@@](O)(Oc2cccc3ncn(Cc4ccc(-c5ccccc5)cc4)c23)[C@@H](O)[C@@H]1O. The summed E-state index contributed by atoms with van der Waals surface area (Å²) in [6.07, 6.45) is -5.28. The number of imidazole rings is 1. The maximum Gasteiger partial charge on any atom is 0.288 e. The van der Waals surface area contributed by atoms with E-state index in [4.69, 9.17) is 9.47 Å². The molecule has 0 saturated carbocycles. The molecule has 0 unspecified atom stereocenters. The average molecular weight is 479 g/mol. The lowest BCUT2D eigenvalue weighted by atomic mass is 9.96. The molecular weight excluding hydrogens is 452 g/mol. The summed E-state index contributed by atoms with van der Waals surface area (Å²) in [5.41, 5.74) is 4.30. The normalized spacial score (nSPS) is 26.7. The fraction of sp³-hybridized carbons (Fsp3) is 0.269. The van der Waals surface area contributed by atoms with Crippen molar-refractivity contribution >= 4 is 11.0 Å². The molecule has 4 aromatic rings. The quantitative estimate of drug-likeness (QED) is 0.261. The summed E-state index contributed by atoms with van der Waals surface area (Å²) in [4.78, 5) is 4.40. The smallest absolute Gasteiger partial charge is 0.288 e. The Bertz CT molecular complexity index is 1290. The van der Waals surface area contributed by atoms with Crippen molar-refractivity contribution in [3.05, 3.63) is 84.7 Å². The molecule has 9 heteroatoms. The van der Waals surface area contributed by atoms with E-state index in [1.807, 2.05) is 59.2 Å². The van der Waals surface area contributed by atoms with Crippen LogP contribution in [0, 0.1) is 0 Å². The van der Waals surface area contributed by atoms with Crippen LogP contribution < -0.4 is 4.74 Å². The Morgan fingerprint density at radius 2 is 1.63 bits per heavy atom. The lowest BCUT2D eigenvalue weighted by molar-refractivity contribution is -0.385. The Kier molecular flexibility index (Phi) is 6.28. The molecule has 1 fully saturated rings. The zero-order valence-corrected chi connectivity index (χ0v) is 18.7. The summed E-state index contributed by atoms with van der Waals surface area (Å²) in [7, 11) is 0. The second-order valence-corrected chi connectivity index (χ2v) is 8.56. The van der Waals surface area contributed by atoms with Gasteiger partial charge >= 0.3 is 0 Å². The Balaban J connectivity index is 1.43. The highest BCUT2D eigenvalue weighted by atomic mass is 16.7. The minimum Gasteiger partial charge on any atom is -0.452 e. The molecule has 182 valence electrons. The number of ether oxygens (including phenoxy) is 2. The first kappa shape index (κ1) is 23.4. The van der Waals surface area contributed by atoms with Crippen LogP contribution >= 0.6 is 0 Å². The van der Waals surface area contributed by atoms with Gasteiger partial charge in [0.25, 0.3) is 5.79 Å². The zero-order chi connectivity index (χ0) is 24.6. The predicted molar refractivity (Wildman–Crippen MR) is 126 cm³/mol. The summed E-state index contributed by atoms with van der Waals surface area (Å²) in [5, 5.41) is 51.2. The van der Waals surface area contributed by atoms with Crippen LogP contribution in [-0.2, 0) is 11.3 Å². The van der Waals surface area contributed by atoms with Crippen LogP contribution in [0.5, 0.6) is 5.75 Å². The van der Waals surface area contributed by atoms with Gasteiger partial charge in [-0.15, -0.1) is 0 Å². The molecule has 1 aliphatic rings. The lowest BCUT2D eigenvalue weighted by Gasteiger charge is -2.45. The molecule has 0 amide bonds. The molecule has 0 spiro atoms. The van der Waals surface area contributed by atoms with E-state index in [1.54, 1.807) is 24.5 Å². The van der Waals surface area contributed by atoms with E-state index in [0.717, 1.165) is 16.7 Å². The fourth-order valence-electron chi connectivity index (χ4n) is 4.30. The Morgan fingerprint density at radius 1 is 0.914 bits per heavy atom. The van der Waals surface area contributed by atoms with Crippen molar-refractivity contribution in [3.63, 3.8) is 0 Å². The first-order chi connectivity index (χ1) is 16.9. The number of aromatic nitrogens is 2. The largest absolute Gasteiger partial charge is 0.452 e. The lowest BCUT2D eigenvalue weighted by Crippen LogP contribution is -2.69. The number of benzene rings is 3. The zero-order valence-electron chi connectivity index (χ0n) is 18.7. The Labute approximate surface area is 201 Å². The van der Waals surface area contributed by atoms with Crippen LogP contribution in [0.3, 0.4) is 0 Å². The number of hydrogen-bond donors (Lipinski definition) is 5. The molecule has 5 N–H and O–H groups in total.